The van der Waals surface area contributed by atoms with E-state index in [1.54, 1.807) is 18.2 Å². The third-order valence-electron chi connectivity index (χ3n) is 2.97. The van der Waals surface area contributed by atoms with Crippen LogP contribution in [0.15, 0.2) is 42.5 Å². The molecule has 0 amide bonds. The molecule has 0 aliphatic rings. The molecule has 2 aromatic carbocycles. The normalized spacial score (nSPS) is 10.1. The Morgan fingerprint density at radius 1 is 1.20 bits per heavy atom. The minimum Gasteiger partial charge on any atom is -0.465 e. The Balaban J connectivity index is 2.23. The molecule has 0 heterocycles. The number of benzene rings is 2. The largest absolute Gasteiger partial charge is 0.465 e. The van der Waals surface area contributed by atoms with Gasteiger partial charge in [0.2, 0.25) is 0 Å². The van der Waals surface area contributed by atoms with Crippen LogP contribution < -0.4 is 10.5 Å². The van der Waals surface area contributed by atoms with Crippen LogP contribution in [0.3, 0.4) is 0 Å². The molecule has 0 unspecified atom stereocenters. The Hall–Kier alpha value is -2.49. The maximum absolute atomic E-state index is 11.4. The maximum Gasteiger partial charge on any atom is 0.337 e. The summed E-state index contributed by atoms with van der Waals surface area (Å²) in [7, 11) is 1.33. The van der Waals surface area contributed by atoms with Gasteiger partial charge in [0, 0.05) is 0 Å². The van der Waals surface area contributed by atoms with E-state index in [0.717, 1.165) is 12.2 Å². The van der Waals surface area contributed by atoms with E-state index < -0.39 is 5.97 Å². The van der Waals surface area contributed by atoms with Crippen molar-refractivity contribution in [2.75, 3.05) is 12.8 Å². The lowest BCUT2D eigenvalue weighted by atomic mass is 10.1. The van der Waals surface area contributed by atoms with Gasteiger partial charge in [0.05, 0.1) is 18.4 Å². The van der Waals surface area contributed by atoms with Gasteiger partial charge in [-0.25, -0.2) is 4.79 Å². The van der Waals surface area contributed by atoms with Gasteiger partial charge in [-0.3, -0.25) is 0 Å². The Kier molecular flexibility index (Phi) is 4.25. The quantitative estimate of drug-likeness (QED) is 0.683. The minimum atomic E-state index is -0.420. The average Bonchev–Trinajstić information content (AvgIpc) is 2.48. The van der Waals surface area contributed by atoms with Crippen LogP contribution in [-0.4, -0.2) is 13.1 Å². The summed E-state index contributed by atoms with van der Waals surface area (Å²) in [5.74, 6) is 0.823. The van der Waals surface area contributed by atoms with E-state index in [1.165, 1.54) is 12.7 Å². The van der Waals surface area contributed by atoms with Crippen molar-refractivity contribution in [3.63, 3.8) is 0 Å². The molecule has 0 atom stereocenters. The number of anilines is 1. The number of rotatable bonds is 4. The predicted octanol–water partition coefficient (Wildman–Crippen LogP) is 3.41. The molecule has 2 aromatic rings. The van der Waals surface area contributed by atoms with Crippen molar-refractivity contribution >= 4 is 11.7 Å². The molecule has 0 radical (unpaired) electrons. The van der Waals surface area contributed by atoms with E-state index in [1.807, 2.05) is 24.3 Å². The lowest BCUT2D eigenvalue weighted by Gasteiger charge is -2.10. The second-order valence-corrected chi connectivity index (χ2v) is 4.35. The first-order chi connectivity index (χ1) is 9.63. The lowest BCUT2D eigenvalue weighted by molar-refractivity contribution is 0.0601. The van der Waals surface area contributed by atoms with Crippen LogP contribution in [0.25, 0.3) is 0 Å². The number of nitrogen functional groups attached to an aromatic ring is 1. The van der Waals surface area contributed by atoms with Gasteiger partial charge in [0.15, 0.2) is 0 Å². The molecule has 0 spiro atoms. The number of hydrogen-bond acceptors (Lipinski definition) is 4. The molecule has 0 saturated carbocycles. The number of hydrogen-bond donors (Lipinski definition) is 1. The van der Waals surface area contributed by atoms with Crippen molar-refractivity contribution < 1.29 is 14.3 Å². The van der Waals surface area contributed by atoms with E-state index in [9.17, 15) is 4.79 Å². The summed E-state index contributed by atoms with van der Waals surface area (Å²) < 4.78 is 10.4. The number of ether oxygens (including phenoxy) is 2. The molecule has 0 aliphatic carbocycles. The summed E-state index contributed by atoms with van der Waals surface area (Å²) >= 11 is 0. The second kappa shape index (κ2) is 6.10. The first kappa shape index (κ1) is 13.9. The van der Waals surface area contributed by atoms with E-state index in [2.05, 4.69) is 11.7 Å². The fourth-order valence-electron chi connectivity index (χ4n) is 1.84. The number of aryl methyl sites for hydroxylation is 1. The Morgan fingerprint density at radius 2 is 2.00 bits per heavy atom. The summed E-state index contributed by atoms with van der Waals surface area (Å²) in [6, 6.07) is 12.6. The van der Waals surface area contributed by atoms with Crippen molar-refractivity contribution in [2.24, 2.45) is 0 Å². The smallest absolute Gasteiger partial charge is 0.337 e. The van der Waals surface area contributed by atoms with Crippen molar-refractivity contribution in [1.29, 1.82) is 0 Å². The van der Waals surface area contributed by atoms with Gasteiger partial charge in [-0.15, -0.1) is 0 Å². The van der Waals surface area contributed by atoms with Crippen molar-refractivity contribution in [1.82, 2.24) is 0 Å². The molecule has 4 nitrogen and oxygen atoms in total. The van der Waals surface area contributed by atoms with Crippen LogP contribution in [0.4, 0.5) is 5.69 Å². The maximum atomic E-state index is 11.4. The highest BCUT2D eigenvalue weighted by Gasteiger charge is 2.09. The summed E-state index contributed by atoms with van der Waals surface area (Å²) in [6.45, 7) is 2.08. The molecule has 0 fully saturated rings. The standard InChI is InChI=1S/C16H17NO3/c1-3-11-5-4-6-13(9-11)20-15-8-7-12(10-14(15)17)16(18)19-2/h4-10H,3,17H2,1-2H3. The molecule has 0 aromatic heterocycles. The van der Waals surface area contributed by atoms with E-state index in [-0.39, 0.29) is 0 Å². The van der Waals surface area contributed by atoms with Gasteiger partial charge < -0.3 is 15.2 Å². The lowest BCUT2D eigenvalue weighted by Crippen LogP contribution is -2.02. The number of carbonyl (C=O) groups excluding carboxylic acids is 1. The molecule has 0 saturated heterocycles. The Bertz CT molecular complexity index is 623. The first-order valence-corrected chi connectivity index (χ1v) is 6.38. The average molecular weight is 271 g/mol. The Morgan fingerprint density at radius 3 is 2.65 bits per heavy atom. The number of methoxy groups -OCH3 is 1. The van der Waals surface area contributed by atoms with Crippen LogP contribution in [0.1, 0.15) is 22.8 Å². The van der Waals surface area contributed by atoms with Crippen LogP contribution in [0.2, 0.25) is 0 Å². The highest BCUT2D eigenvalue weighted by atomic mass is 16.5. The first-order valence-electron chi connectivity index (χ1n) is 6.38. The van der Waals surface area contributed by atoms with Gasteiger partial charge in [-0.2, -0.15) is 0 Å². The predicted molar refractivity (Wildman–Crippen MR) is 78.1 cm³/mol. The summed E-state index contributed by atoms with van der Waals surface area (Å²) in [5.41, 5.74) is 7.89. The number of nitrogens with two attached hydrogens (primary N) is 1. The zero-order chi connectivity index (χ0) is 14.5. The monoisotopic (exact) mass is 271 g/mol. The molecule has 2 rings (SSSR count). The minimum absolute atomic E-state index is 0.398. The van der Waals surface area contributed by atoms with Crippen LogP contribution >= 0.6 is 0 Å². The fourth-order valence-corrected chi connectivity index (χ4v) is 1.84. The van der Waals surface area contributed by atoms with Crippen LogP contribution in [-0.2, 0) is 11.2 Å². The third kappa shape index (κ3) is 3.09. The molecular formula is C16H17NO3. The second-order valence-electron chi connectivity index (χ2n) is 4.35. The molecule has 0 aliphatic heterocycles. The van der Waals surface area contributed by atoms with E-state index in [0.29, 0.717) is 17.0 Å². The molecule has 104 valence electrons. The van der Waals surface area contributed by atoms with Gasteiger partial charge in [0.25, 0.3) is 0 Å². The third-order valence-corrected chi connectivity index (χ3v) is 2.97. The Labute approximate surface area is 118 Å². The van der Waals surface area contributed by atoms with Gasteiger partial charge in [0.1, 0.15) is 11.5 Å². The molecular weight excluding hydrogens is 254 g/mol. The summed E-state index contributed by atoms with van der Waals surface area (Å²) in [5, 5.41) is 0. The fraction of sp³-hybridized carbons (Fsp3) is 0.188. The van der Waals surface area contributed by atoms with Crippen molar-refractivity contribution in [3.05, 3.63) is 53.6 Å². The zero-order valence-corrected chi connectivity index (χ0v) is 11.6. The highest BCUT2D eigenvalue weighted by molar-refractivity contribution is 5.90. The summed E-state index contributed by atoms with van der Waals surface area (Å²) in [4.78, 5) is 11.4. The number of carbonyl (C=O) groups is 1. The van der Waals surface area contributed by atoms with Crippen LogP contribution in [0, 0.1) is 0 Å². The van der Waals surface area contributed by atoms with Crippen LogP contribution in [0.5, 0.6) is 11.5 Å². The van der Waals surface area contributed by atoms with Crippen molar-refractivity contribution in [2.45, 2.75) is 13.3 Å². The topological polar surface area (TPSA) is 61.5 Å². The van der Waals surface area contributed by atoms with Gasteiger partial charge in [-0.05, 0) is 42.3 Å². The number of esters is 1. The summed E-state index contributed by atoms with van der Waals surface area (Å²) in [6.07, 6.45) is 0.938. The molecule has 0 bridgehead atoms. The SMILES string of the molecule is CCc1cccc(Oc2ccc(C(=O)OC)cc2N)c1. The van der Waals surface area contributed by atoms with Gasteiger partial charge >= 0.3 is 5.97 Å². The van der Waals surface area contributed by atoms with Gasteiger partial charge in [-0.1, -0.05) is 19.1 Å². The molecule has 4 heteroatoms. The highest BCUT2D eigenvalue weighted by Crippen LogP contribution is 2.29. The van der Waals surface area contributed by atoms with E-state index in [4.69, 9.17) is 10.5 Å². The molecule has 20 heavy (non-hydrogen) atoms. The van der Waals surface area contributed by atoms with Crippen molar-refractivity contribution in [3.8, 4) is 11.5 Å². The molecule has 2 N–H and O–H groups in total. The zero-order valence-electron chi connectivity index (χ0n) is 11.6. The van der Waals surface area contributed by atoms with E-state index >= 15 is 0 Å².